The van der Waals surface area contributed by atoms with Crippen LogP contribution in [0.5, 0.6) is 0 Å². The fourth-order valence-electron chi connectivity index (χ4n) is 3.26. The monoisotopic (exact) mass is 372 g/mol. The lowest BCUT2D eigenvalue weighted by molar-refractivity contribution is -0.117. The van der Waals surface area contributed by atoms with Gasteiger partial charge >= 0.3 is 0 Å². The Morgan fingerprint density at radius 2 is 2.00 bits per heavy atom. The molecule has 0 spiro atoms. The van der Waals surface area contributed by atoms with Crippen LogP contribution in [0.2, 0.25) is 0 Å². The van der Waals surface area contributed by atoms with Gasteiger partial charge in [-0.2, -0.15) is 10.1 Å². The molecule has 3 heterocycles. The minimum absolute atomic E-state index is 0.00573. The van der Waals surface area contributed by atoms with E-state index in [1.165, 1.54) is 5.56 Å². The van der Waals surface area contributed by atoms with Crippen LogP contribution in [0.3, 0.4) is 0 Å². The van der Waals surface area contributed by atoms with E-state index in [-0.39, 0.29) is 11.8 Å². The Balaban J connectivity index is 1.37. The van der Waals surface area contributed by atoms with Crippen LogP contribution in [-0.4, -0.2) is 30.3 Å². The average Bonchev–Trinajstić information content (AvgIpc) is 3.33. The molecule has 1 aliphatic carbocycles. The molecule has 3 aromatic heterocycles. The number of carbonyl (C=O) groups is 1. The van der Waals surface area contributed by atoms with Gasteiger partial charge in [-0.25, -0.2) is 4.52 Å². The lowest BCUT2D eigenvalue weighted by Gasteiger charge is -2.02. The number of pyridine rings is 1. The highest BCUT2D eigenvalue weighted by Gasteiger charge is 2.30. The number of carbonyl (C=O) groups excluding carboxylic acids is 1. The van der Waals surface area contributed by atoms with E-state index in [2.05, 4.69) is 44.8 Å². The van der Waals surface area contributed by atoms with Crippen molar-refractivity contribution in [3.63, 3.8) is 0 Å². The maximum atomic E-state index is 12.0. The van der Waals surface area contributed by atoms with Gasteiger partial charge in [0.05, 0.1) is 6.20 Å². The summed E-state index contributed by atoms with van der Waals surface area (Å²) in [5.41, 5.74) is 3.91. The third-order valence-electron chi connectivity index (χ3n) is 4.96. The third-order valence-corrected chi connectivity index (χ3v) is 4.96. The third kappa shape index (κ3) is 3.38. The van der Waals surface area contributed by atoms with Crippen LogP contribution < -0.4 is 5.32 Å². The molecule has 1 saturated carbocycles. The largest absolute Gasteiger partial charge is 0.293 e. The number of hydrogen-bond acceptors (Lipinski definition) is 4. The molecular formula is C21H20N6O. The van der Waals surface area contributed by atoms with Crippen molar-refractivity contribution < 1.29 is 4.79 Å². The highest BCUT2D eigenvalue weighted by Crippen LogP contribution is 2.30. The molecule has 1 N–H and O–H groups in total. The Labute approximate surface area is 162 Å². The summed E-state index contributed by atoms with van der Waals surface area (Å²) >= 11 is 0. The van der Waals surface area contributed by atoms with Crippen LogP contribution in [0, 0.1) is 5.92 Å². The Morgan fingerprint density at radius 3 is 2.82 bits per heavy atom. The fourth-order valence-corrected chi connectivity index (χ4v) is 3.26. The van der Waals surface area contributed by atoms with Crippen molar-refractivity contribution in [3.8, 4) is 11.1 Å². The molecule has 1 aliphatic rings. The Morgan fingerprint density at radius 1 is 1.14 bits per heavy atom. The zero-order valence-electron chi connectivity index (χ0n) is 15.3. The molecule has 28 heavy (non-hydrogen) atoms. The van der Waals surface area contributed by atoms with Crippen molar-refractivity contribution in [1.82, 2.24) is 24.4 Å². The summed E-state index contributed by atoms with van der Waals surface area (Å²) < 4.78 is 3.64. The molecule has 7 heteroatoms. The number of nitrogens with zero attached hydrogens (tertiary/aromatic N) is 5. The summed E-state index contributed by atoms with van der Waals surface area (Å²) in [6.07, 6.45) is 8.53. The van der Waals surface area contributed by atoms with E-state index in [1.54, 1.807) is 4.52 Å². The smallest absolute Gasteiger partial charge is 0.249 e. The van der Waals surface area contributed by atoms with Gasteiger partial charge in [0.1, 0.15) is 0 Å². The Kier molecular flexibility index (Phi) is 4.12. The van der Waals surface area contributed by atoms with Crippen LogP contribution in [0.15, 0.2) is 61.1 Å². The summed E-state index contributed by atoms with van der Waals surface area (Å²) in [4.78, 5) is 16.5. The number of aryl methyl sites for hydroxylation is 2. The van der Waals surface area contributed by atoms with Gasteiger partial charge in [0.15, 0.2) is 5.65 Å². The second-order valence-corrected chi connectivity index (χ2v) is 7.12. The summed E-state index contributed by atoms with van der Waals surface area (Å²) in [7, 11) is 0. The molecule has 4 aromatic rings. The van der Waals surface area contributed by atoms with Crippen molar-refractivity contribution in [3.05, 3.63) is 66.6 Å². The Hall–Kier alpha value is -3.48. The first-order valence-electron chi connectivity index (χ1n) is 9.49. The maximum absolute atomic E-state index is 12.0. The molecule has 1 fully saturated rings. The summed E-state index contributed by atoms with van der Waals surface area (Å²) in [6.45, 7) is 0.808. The number of hydrogen-bond donors (Lipinski definition) is 1. The number of benzene rings is 1. The number of rotatable bonds is 6. The molecule has 0 bridgehead atoms. The van der Waals surface area contributed by atoms with E-state index in [0.717, 1.165) is 36.9 Å². The highest BCUT2D eigenvalue weighted by atomic mass is 16.2. The molecule has 1 aromatic carbocycles. The number of amides is 1. The lowest BCUT2D eigenvalue weighted by atomic mass is 10.1. The van der Waals surface area contributed by atoms with E-state index in [1.807, 2.05) is 41.5 Å². The highest BCUT2D eigenvalue weighted by molar-refractivity contribution is 5.93. The fraction of sp³-hybridized carbons (Fsp3) is 0.238. The van der Waals surface area contributed by atoms with Gasteiger partial charge in [-0.3, -0.25) is 14.8 Å². The molecule has 5 rings (SSSR count). The minimum Gasteiger partial charge on any atom is -0.293 e. The van der Waals surface area contributed by atoms with E-state index in [9.17, 15) is 4.79 Å². The van der Waals surface area contributed by atoms with Crippen molar-refractivity contribution in [2.45, 2.75) is 25.8 Å². The van der Waals surface area contributed by atoms with Crippen molar-refractivity contribution >= 4 is 17.5 Å². The van der Waals surface area contributed by atoms with Gasteiger partial charge in [-0.05, 0) is 37.0 Å². The predicted octanol–water partition coefficient (Wildman–Crippen LogP) is 3.18. The van der Waals surface area contributed by atoms with Gasteiger partial charge in [-0.1, -0.05) is 30.3 Å². The molecule has 1 amide bonds. The van der Waals surface area contributed by atoms with Crippen molar-refractivity contribution in [2.75, 3.05) is 5.32 Å². The second kappa shape index (κ2) is 6.92. The summed E-state index contributed by atoms with van der Waals surface area (Å²) in [6, 6.07) is 14.3. The lowest BCUT2D eigenvalue weighted by Crippen LogP contribution is -2.14. The molecule has 0 aliphatic heterocycles. The second-order valence-electron chi connectivity index (χ2n) is 7.12. The number of fused-ring (bicyclic) bond motifs is 1. The zero-order valence-corrected chi connectivity index (χ0v) is 15.3. The average molecular weight is 372 g/mol. The van der Waals surface area contributed by atoms with Crippen LogP contribution in [0.25, 0.3) is 16.8 Å². The normalized spacial score (nSPS) is 13.7. The zero-order chi connectivity index (χ0) is 18.9. The maximum Gasteiger partial charge on any atom is 0.249 e. The standard InChI is InChI=1S/C21H20N6O/c28-20(16-8-9-16)24-21-23-19-18(7-4-11-27(19)25-21)17-13-22-26(14-17)12-10-15-5-2-1-3-6-15/h1-7,11,13-14,16H,8-10,12H2,(H,24,25,28). The molecular weight excluding hydrogens is 352 g/mol. The van der Waals surface area contributed by atoms with E-state index in [0.29, 0.717) is 11.6 Å². The first-order chi connectivity index (χ1) is 13.8. The van der Waals surface area contributed by atoms with Crippen LogP contribution >= 0.6 is 0 Å². The van der Waals surface area contributed by atoms with Crippen LogP contribution in [-0.2, 0) is 17.8 Å². The van der Waals surface area contributed by atoms with Gasteiger partial charge in [0, 0.05) is 36.0 Å². The summed E-state index contributed by atoms with van der Waals surface area (Å²) in [5, 5.41) is 11.7. The van der Waals surface area contributed by atoms with Gasteiger partial charge in [-0.15, -0.1) is 5.10 Å². The van der Waals surface area contributed by atoms with Crippen molar-refractivity contribution in [2.24, 2.45) is 5.92 Å². The minimum atomic E-state index is 0.00573. The van der Waals surface area contributed by atoms with Gasteiger partial charge < -0.3 is 0 Å². The van der Waals surface area contributed by atoms with E-state index in [4.69, 9.17) is 0 Å². The molecule has 7 nitrogen and oxygen atoms in total. The molecule has 0 radical (unpaired) electrons. The van der Waals surface area contributed by atoms with Gasteiger partial charge in [0.25, 0.3) is 0 Å². The molecule has 0 unspecified atom stereocenters. The Bertz CT molecular complexity index is 1130. The van der Waals surface area contributed by atoms with Crippen LogP contribution in [0.1, 0.15) is 18.4 Å². The van der Waals surface area contributed by atoms with Crippen molar-refractivity contribution in [1.29, 1.82) is 0 Å². The van der Waals surface area contributed by atoms with Gasteiger partial charge in [0.2, 0.25) is 11.9 Å². The van der Waals surface area contributed by atoms with E-state index >= 15 is 0 Å². The number of nitrogens with one attached hydrogen (secondary N) is 1. The summed E-state index contributed by atoms with van der Waals surface area (Å²) in [5.74, 6) is 0.473. The molecule has 0 atom stereocenters. The first-order valence-corrected chi connectivity index (χ1v) is 9.49. The van der Waals surface area contributed by atoms with Crippen LogP contribution in [0.4, 0.5) is 5.95 Å². The molecule has 140 valence electrons. The number of anilines is 1. The van der Waals surface area contributed by atoms with E-state index < -0.39 is 0 Å². The topological polar surface area (TPSA) is 77.1 Å². The quantitative estimate of drug-likeness (QED) is 0.564. The number of aromatic nitrogens is 5. The molecule has 0 saturated heterocycles. The SMILES string of the molecule is O=C(Nc1nc2c(-c3cnn(CCc4ccccc4)c3)cccn2n1)C1CC1. The first kappa shape index (κ1) is 16.7. The predicted molar refractivity (Wildman–Crippen MR) is 106 cm³/mol.